The Morgan fingerprint density at radius 1 is 0.375 bits per heavy atom. The predicted molar refractivity (Wildman–Crippen MR) is 279 cm³/mol. The summed E-state index contributed by atoms with van der Waals surface area (Å²) >= 11 is 1.83. The smallest absolute Gasteiger partial charge is 0.321 e. The number of rotatable bonds is 25. The summed E-state index contributed by atoms with van der Waals surface area (Å²) in [7, 11) is 0. The molecule has 0 aromatic heterocycles. The summed E-state index contributed by atoms with van der Waals surface area (Å²) in [5, 5.41) is 216. The van der Waals surface area contributed by atoms with Crippen molar-refractivity contribution in [3.05, 3.63) is 0 Å². The van der Waals surface area contributed by atoms with E-state index in [4.69, 9.17) is 82.9 Å². The van der Waals surface area contributed by atoms with Gasteiger partial charge in [-0.3, -0.25) is 9.59 Å². The summed E-state index contributed by atoms with van der Waals surface area (Å²) in [6.07, 6.45) is -60.6. The molecule has 24 N–H and O–H groups in total. The van der Waals surface area contributed by atoms with Crippen molar-refractivity contribution >= 4 is 35.5 Å². The Morgan fingerprint density at radius 2 is 0.727 bits per heavy atom. The highest BCUT2D eigenvalue weighted by atomic mass is 32.2. The Hall–Kier alpha value is -1.72. The lowest BCUT2D eigenvalue weighted by Gasteiger charge is -2.54. The molecule has 0 aliphatic carbocycles. The average Bonchev–Trinajstić information content (AvgIpc) is 0.958. The van der Waals surface area contributed by atoms with Crippen LogP contribution in [-0.4, -0.2) is 397 Å². The molecule has 0 radical (unpaired) electrons. The van der Waals surface area contributed by atoms with Crippen molar-refractivity contribution in [1.82, 2.24) is 0 Å². The summed E-state index contributed by atoms with van der Waals surface area (Å²) in [6, 6.07) is -2.69. The molecule has 38 nitrogen and oxygen atoms in total. The number of fused-ring (bicyclic) bond motifs is 2. The van der Waals surface area contributed by atoms with E-state index in [1.807, 2.05) is 0 Å². The van der Waals surface area contributed by atoms with Gasteiger partial charge in [0.15, 0.2) is 37.7 Å². The lowest BCUT2D eigenvalue weighted by atomic mass is 9.93. The average molecular weight is 1330 g/mol. The zero-order chi connectivity index (χ0) is 64.3. The molecule has 14 unspecified atom stereocenters. The van der Waals surface area contributed by atoms with Gasteiger partial charge in [0, 0.05) is 23.0 Å². The van der Waals surface area contributed by atoms with Crippen LogP contribution < -0.4 is 11.5 Å². The maximum atomic E-state index is 11.7. The monoisotopic (exact) mass is 1320 g/mol. The molecule has 8 aliphatic heterocycles. The largest absolute Gasteiger partial charge is 0.480 e. The summed E-state index contributed by atoms with van der Waals surface area (Å²) < 4.78 is 81.2. The number of carboxylic acid groups (broad SMARTS) is 2. The van der Waals surface area contributed by atoms with Crippen molar-refractivity contribution in [1.29, 1.82) is 0 Å². The number of carbonyl (C=O) groups is 2. The van der Waals surface area contributed by atoms with Gasteiger partial charge in [0.25, 0.3) is 0 Å². The zero-order valence-electron chi connectivity index (χ0n) is 46.3. The summed E-state index contributed by atoms with van der Waals surface area (Å²) in [4.78, 5) is 22.8. The highest BCUT2D eigenvalue weighted by Gasteiger charge is 2.61. The first-order valence-electron chi connectivity index (χ1n) is 27.9. The lowest BCUT2D eigenvalue weighted by molar-refractivity contribution is -0.421. The van der Waals surface area contributed by atoms with Gasteiger partial charge in [-0.25, -0.2) is 0 Å². The maximum Gasteiger partial charge on any atom is 0.321 e. The van der Waals surface area contributed by atoms with Crippen LogP contribution >= 0.6 is 23.5 Å². The standard InChI is InChI=1S/C48H80N2O36S2/c49-11(41(69)70)7-87-9-19-22(58)23(59)40-48(78-19)86-38-18(5-55)77-47(32(68)39(38)80-40)84-36-17(4-54)76-45(30(66)26(36)62)85-37-20(10-88-8-12(50)42(71)72)79-46(31(67)27(37)63)83-35-16(3-53)75-44(29(65)25(35)61)82-34-15(2-52)74-43(28(64)24(34)60)81-33-14(1-51)73-6-13(56)21(33)57/h11-40,43-48,51-68H,1-10,49-50H2,(H,69,70)(H,71,72)/t11-,12-,13?,14?,15?,16?,17?,18?,19?,20?,21-,22-,23+,24?,25?,26?,27?,28+,29+,30+,31+,32+,33-,34-,35-,36-,37-,38-,39?,40?,43-,44-,45+,46+,47+,48-/m1/s1. The Balaban J connectivity index is 0.908. The molecule has 8 heterocycles. The Labute approximate surface area is 507 Å². The van der Waals surface area contributed by atoms with Crippen LogP contribution in [0.3, 0.4) is 0 Å². The van der Waals surface area contributed by atoms with Crippen LogP contribution in [0, 0.1) is 0 Å². The molecule has 0 spiro atoms. The number of aliphatic hydroxyl groups excluding tert-OH is 18. The quantitative estimate of drug-likeness (QED) is 0.0404. The maximum absolute atomic E-state index is 11.7. The SMILES string of the molecule is N[C@H](CSCC1O[C@@H](O[C@@H]2C(CO)O[C@H](O[C@@H]3C(CO)O[C@H](O[C@@H]4C(CO)OCC(O)[C@H]4O)[C@@H](O)C3O)[C@@H](O)C2O)[C@@H](O)C(O)[C@@H]1O[C@@H]1OC(CO)[C@@H](O[C@@H]2OC(CO)[C@H]3O[C@H]4OC(CSC[C@@H](N)C(=O)O)[C@@H](O)[C@H](O)C4OC3[C@@H]2O)C(O)[C@@H]1O)C(=O)O. The van der Waals surface area contributed by atoms with Gasteiger partial charge in [0.05, 0.1) is 51.8 Å². The molecule has 8 aliphatic rings. The number of hydrogen-bond donors (Lipinski definition) is 22. The first-order valence-corrected chi connectivity index (χ1v) is 30.2. The fourth-order valence-corrected chi connectivity index (χ4v) is 13.2. The number of carboxylic acids is 2. The molecule has 8 rings (SSSR count). The van der Waals surface area contributed by atoms with E-state index in [9.17, 15) is 107 Å². The van der Waals surface area contributed by atoms with Crippen molar-refractivity contribution in [3.63, 3.8) is 0 Å². The number of hydrogen-bond acceptors (Lipinski definition) is 38. The summed E-state index contributed by atoms with van der Waals surface area (Å²) in [5.74, 6) is -3.47. The third kappa shape index (κ3) is 15.6. The van der Waals surface area contributed by atoms with Crippen molar-refractivity contribution < 1.29 is 178 Å². The van der Waals surface area contributed by atoms with E-state index < -0.39 is 266 Å². The minimum atomic E-state index is -2.23. The van der Waals surface area contributed by atoms with Gasteiger partial charge < -0.3 is 180 Å². The van der Waals surface area contributed by atoms with E-state index in [2.05, 4.69) is 0 Å². The van der Waals surface area contributed by atoms with Crippen LogP contribution in [0.15, 0.2) is 0 Å². The van der Waals surface area contributed by atoms with Gasteiger partial charge in [-0.2, -0.15) is 23.5 Å². The second kappa shape index (κ2) is 31.7. The number of nitrogens with two attached hydrogens (primary N) is 2. The molecule has 88 heavy (non-hydrogen) atoms. The van der Waals surface area contributed by atoms with E-state index in [0.717, 1.165) is 23.5 Å². The van der Waals surface area contributed by atoms with Gasteiger partial charge in [-0.15, -0.1) is 0 Å². The number of thioether (sulfide) groups is 2. The van der Waals surface area contributed by atoms with Crippen LogP contribution in [-0.2, 0) is 75.9 Å². The third-order valence-electron chi connectivity index (χ3n) is 16.2. The van der Waals surface area contributed by atoms with Gasteiger partial charge in [-0.05, 0) is 0 Å². The Morgan fingerprint density at radius 3 is 1.12 bits per heavy atom. The van der Waals surface area contributed by atoms with Crippen LogP contribution in [0.4, 0.5) is 0 Å². The van der Waals surface area contributed by atoms with Gasteiger partial charge in [0.1, 0.15) is 171 Å². The zero-order valence-corrected chi connectivity index (χ0v) is 47.9. The lowest BCUT2D eigenvalue weighted by Crippen LogP contribution is -2.72. The van der Waals surface area contributed by atoms with E-state index in [1.165, 1.54) is 0 Å². The van der Waals surface area contributed by atoms with Crippen molar-refractivity contribution in [2.45, 2.75) is 221 Å². The van der Waals surface area contributed by atoms with E-state index >= 15 is 0 Å². The van der Waals surface area contributed by atoms with Crippen molar-refractivity contribution in [3.8, 4) is 0 Å². The molecule has 0 bridgehead atoms. The number of ether oxygens (including phenoxy) is 14. The molecule has 0 aromatic rings. The molecule has 0 amide bonds. The van der Waals surface area contributed by atoms with Crippen molar-refractivity contribution in [2.24, 2.45) is 11.5 Å². The summed E-state index contributed by atoms with van der Waals surface area (Å²) in [6.45, 7) is -4.97. The molecular formula is C48H80N2O36S2. The molecule has 0 saturated carbocycles. The first-order chi connectivity index (χ1) is 41.8. The van der Waals surface area contributed by atoms with Crippen LogP contribution in [0.25, 0.3) is 0 Å². The first kappa shape index (κ1) is 72.1. The van der Waals surface area contributed by atoms with E-state index in [1.54, 1.807) is 0 Å². The highest BCUT2D eigenvalue weighted by molar-refractivity contribution is 7.99. The number of aliphatic hydroxyl groups is 18. The van der Waals surface area contributed by atoms with Crippen molar-refractivity contribution in [2.75, 3.05) is 62.7 Å². The Kier molecular flexibility index (Phi) is 26.0. The molecule has 8 saturated heterocycles. The summed E-state index contributed by atoms with van der Waals surface area (Å²) in [5.41, 5.74) is 11.3. The normalized spacial score (nSPS) is 49.0. The third-order valence-corrected chi connectivity index (χ3v) is 18.5. The topological polar surface area (TPSA) is 620 Å². The highest BCUT2D eigenvalue weighted by Crippen LogP contribution is 2.41. The molecule has 40 heteroatoms. The van der Waals surface area contributed by atoms with Crippen LogP contribution in [0.2, 0.25) is 0 Å². The number of aliphatic carboxylic acids is 2. The van der Waals surface area contributed by atoms with E-state index in [-0.39, 0.29) is 29.6 Å². The molecule has 510 valence electrons. The van der Waals surface area contributed by atoms with Gasteiger partial charge in [-0.1, -0.05) is 0 Å². The minimum absolute atomic E-state index is 0.0451. The second-order valence-electron chi connectivity index (χ2n) is 22.1. The van der Waals surface area contributed by atoms with Crippen LogP contribution in [0.1, 0.15) is 0 Å². The molecule has 0 aromatic carbocycles. The second-order valence-corrected chi connectivity index (χ2v) is 24.3. The molecule has 8 fully saturated rings. The molecular weight excluding hydrogens is 1240 g/mol. The molecule has 36 atom stereocenters. The fraction of sp³-hybridized carbons (Fsp3) is 0.958. The minimum Gasteiger partial charge on any atom is -0.480 e. The fourth-order valence-electron chi connectivity index (χ4n) is 11.1. The predicted octanol–water partition coefficient (Wildman–Crippen LogP) is -14.2. The van der Waals surface area contributed by atoms with Gasteiger partial charge in [0.2, 0.25) is 0 Å². The van der Waals surface area contributed by atoms with Crippen LogP contribution in [0.5, 0.6) is 0 Å². The Bertz CT molecular complexity index is 2190. The van der Waals surface area contributed by atoms with Gasteiger partial charge >= 0.3 is 11.9 Å². The van der Waals surface area contributed by atoms with E-state index in [0.29, 0.717) is 0 Å².